The van der Waals surface area contributed by atoms with Gasteiger partial charge in [-0.25, -0.2) is 9.98 Å². The van der Waals surface area contributed by atoms with Crippen LogP contribution in [0.1, 0.15) is 28.5 Å². The largest absolute Gasteiger partial charge is 0.496 e. The number of aryl methyl sites for hydroxylation is 1. The molecule has 10 heteroatoms. The van der Waals surface area contributed by atoms with Gasteiger partial charge in [0.05, 0.1) is 12.8 Å². The van der Waals surface area contributed by atoms with E-state index in [-0.39, 0.29) is 23.0 Å². The highest BCUT2D eigenvalue weighted by molar-refractivity contribution is 6.00. The molecule has 0 saturated heterocycles. The van der Waals surface area contributed by atoms with Crippen LogP contribution in [0, 0.1) is 29.7 Å². The van der Waals surface area contributed by atoms with Crippen LogP contribution < -0.4 is 26.8 Å². The fourth-order valence-electron chi connectivity index (χ4n) is 4.42. The fourth-order valence-corrected chi connectivity index (χ4v) is 4.42. The highest BCUT2D eigenvalue weighted by atomic mass is 16.5. The number of nitrogens with one attached hydrogen (secondary N) is 2. The maximum absolute atomic E-state index is 9.58. The van der Waals surface area contributed by atoms with Gasteiger partial charge in [0.1, 0.15) is 46.4 Å². The molecule has 2 aromatic carbocycles. The highest BCUT2D eigenvalue weighted by Gasteiger charge is 2.32. The Labute approximate surface area is 200 Å². The number of hydrogen-bond acceptors (Lipinski definition) is 10. The van der Waals surface area contributed by atoms with Crippen LogP contribution in [-0.2, 0) is 0 Å². The number of guanidine groups is 1. The molecule has 1 unspecified atom stereocenters. The highest BCUT2D eigenvalue weighted by Crippen LogP contribution is 2.46. The van der Waals surface area contributed by atoms with Gasteiger partial charge in [-0.05, 0) is 24.6 Å². The number of fused-ring (bicyclic) bond motifs is 2. The van der Waals surface area contributed by atoms with Gasteiger partial charge >= 0.3 is 0 Å². The van der Waals surface area contributed by atoms with Gasteiger partial charge in [0, 0.05) is 22.1 Å². The van der Waals surface area contributed by atoms with Gasteiger partial charge in [0.2, 0.25) is 5.96 Å². The number of furan rings is 1. The molecule has 0 spiro atoms. The molecule has 5 rings (SSSR count). The summed E-state index contributed by atoms with van der Waals surface area (Å²) in [7, 11) is 1.56. The fraction of sp³-hybridized carbons (Fsp3) is 0.120. The normalized spacial score (nSPS) is 14.3. The van der Waals surface area contributed by atoms with Gasteiger partial charge in [-0.3, -0.25) is 5.32 Å². The number of benzene rings is 2. The number of hydrogen-bond donors (Lipinski definition) is 4. The van der Waals surface area contributed by atoms with E-state index in [9.17, 15) is 5.26 Å². The molecule has 2 aromatic heterocycles. The summed E-state index contributed by atoms with van der Waals surface area (Å²) in [6.45, 7) is 1.91. The molecule has 6 N–H and O–H groups in total. The summed E-state index contributed by atoms with van der Waals surface area (Å²) >= 11 is 0. The van der Waals surface area contributed by atoms with E-state index in [2.05, 4.69) is 20.6 Å². The molecule has 0 saturated carbocycles. The second-order valence-corrected chi connectivity index (χ2v) is 7.89. The van der Waals surface area contributed by atoms with E-state index in [1.54, 1.807) is 7.11 Å². The van der Waals surface area contributed by atoms with Gasteiger partial charge in [-0.15, -0.1) is 0 Å². The van der Waals surface area contributed by atoms with Crippen LogP contribution in [0.2, 0.25) is 0 Å². The van der Waals surface area contributed by atoms with Crippen LogP contribution in [0.4, 0.5) is 17.3 Å². The molecule has 1 aliphatic rings. The summed E-state index contributed by atoms with van der Waals surface area (Å²) in [5.74, 6) is 1.71. The quantitative estimate of drug-likeness (QED) is 0.260. The van der Waals surface area contributed by atoms with Crippen LogP contribution in [0.5, 0.6) is 5.75 Å². The Bertz CT molecular complexity index is 1590. The van der Waals surface area contributed by atoms with Crippen molar-refractivity contribution < 1.29 is 9.15 Å². The number of pyridine rings is 1. The van der Waals surface area contributed by atoms with Crippen molar-refractivity contribution in [1.82, 2.24) is 10.3 Å². The predicted molar refractivity (Wildman–Crippen MR) is 132 cm³/mol. The third kappa shape index (κ3) is 3.41. The van der Waals surface area contributed by atoms with Crippen LogP contribution in [0.15, 0.2) is 51.9 Å². The molecular weight excluding hydrogens is 444 g/mol. The average Bonchev–Trinajstić information content (AvgIpc) is 3.18. The molecule has 35 heavy (non-hydrogen) atoms. The van der Waals surface area contributed by atoms with Crippen molar-refractivity contribution in [2.75, 3.05) is 23.9 Å². The van der Waals surface area contributed by atoms with E-state index in [0.29, 0.717) is 28.3 Å². The lowest BCUT2D eigenvalue weighted by atomic mass is 9.93. The number of anilines is 3. The maximum Gasteiger partial charge on any atom is 0.211 e. The zero-order chi connectivity index (χ0) is 24.7. The smallest absolute Gasteiger partial charge is 0.211 e. The molecule has 10 nitrogen and oxygen atoms in total. The Kier molecular flexibility index (Phi) is 5.12. The Hall–Kier alpha value is -5.22. The van der Waals surface area contributed by atoms with Gasteiger partial charge in [-0.1, -0.05) is 30.3 Å². The van der Waals surface area contributed by atoms with Crippen molar-refractivity contribution in [3.63, 3.8) is 0 Å². The molecule has 0 bridgehead atoms. The number of aliphatic imine (C=N–C) groups is 1. The van der Waals surface area contributed by atoms with Crippen LogP contribution >= 0.6 is 0 Å². The second kappa shape index (κ2) is 8.28. The van der Waals surface area contributed by atoms with Crippen molar-refractivity contribution >= 4 is 34.3 Å². The summed E-state index contributed by atoms with van der Waals surface area (Å²) in [5.41, 5.74) is 16.2. The van der Waals surface area contributed by atoms with Crippen LogP contribution in [0.3, 0.4) is 0 Å². The van der Waals surface area contributed by atoms with Crippen molar-refractivity contribution in [2.24, 2.45) is 4.99 Å². The molecule has 3 heterocycles. The number of nitriles is 2. The number of nitrogens with two attached hydrogens (primary N) is 2. The first-order valence-corrected chi connectivity index (χ1v) is 10.6. The van der Waals surface area contributed by atoms with E-state index >= 15 is 0 Å². The zero-order valence-electron chi connectivity index (χ0n) is 18.9. The van der Waals surface area contributed by atoms with Crippen LogP contribution in [0.25, 0.3) is 22.1 Å². The number of ether oxygens (including phenoxy) is 1. The molecule has 0 amide bonds. The third-order valence-corrected chi connectivity index (χ3v) is 5.93. The summed E-state index contributed by atoms with van der Waals surface area (Å²) in [6.07, 6.45) is 1.84. The topological polar surface area (TPSA) is 171 Å². The van der Waals surface area contributed by atoms with Crippen molar-refractivity contribution in [2.45, 2.75) is 13.0 Å². The first-order chi connectivity index (χ1) is 17.0. The molecule has 1 atom stereocenters. The maximum atomic E-state index is 9.58. The number of nitrogen functional groups attached to an aromatic ring is 2. The van der Waals surface area contributed by atoms with E-state index in [1.807, 2.05) is 61.7 Å². The van der Waals surface area contributed by atoms with E-state index in [4.69, 9.17) is 25.9 Å². The van der Waals surface area contributed by atoms with Crippen LogP contribution in [-0.4, -0.2) is 18.1 Å². The van der Waals surface area contributed by atoms with Gasteiger partial charge in [0.15, 0.2) is 6.19 Å². The standard InChI is InChI=1S/C25H20N8O2/c1-12-19(13-6-4-3-5-7-13)14-8-17(34-2)15(9-18(14)35-12)22-20-21(28)16(10-26)23(29)32-24(20)33-25(31-22)30-11-27/h3-9,22H,1-2H3,(H6,28,29,30,31,32,33). The summed E-state index contributed by atoms with van der Waals surface area (Å²) < 4.78 is 11.9. The Morgan fingerprint density at radius 3 is 2.63 bits per heavy atom. The lowest BCUT2D eigenvalue weighted by molar-refractivity contribution is 0.408. The SMILES string of the molecule is COc1cc2c(-c3ccccc3)c(C)oc2cc1C1N=C(NC#N)Nc2nc(N)c(C#N)c(N)c21. The van der Waals surface area contributed by atoms with Crippen molar-refractivity contribution in [3.8, 4) is 29.1 Å². The summed E-state index contributed by atoms with van der Waals surface area (Å²) in [5, 5.41) is 25.0. The summed E-state index contributed by atoms with van der Waals surface area (Å²) in [4.78, 5) is 8.93. The molecule has 0 aliphatic carbocycles. The molecule has 1 aliphatic heterocycles. The minimum atomic E-state index is -0.757. The van der Waals surface area contributed by atoms with Crippen molar-refractivity contribution in [1.29, 1.82) is 10.5 Å². The molecule has 4 aromatic rings. The summed E-state index contributed by atoms with van der Waals surface area (Å²) in [6, 6.07) is 14.9. The minimum Gasteiger partial charge on any atom is -0.496 e. The number of methoxy groups -OCH3 is 1. The van der Waals surface area contributed by atoms with E-state index in [1.165, 1.54) is 0 Å². The monoisotopic (exact) mass is 464 g/mol. The first-order valence-electron chi connectivity index (χ1n) is 10.6. The number of aromatic nitrogens is 1. The zero-order valence-corrected chi connectivity index (χ0v) is 18.9. The molecular formula is C25H20N8O2. The lowest BCUT2D eigenvalue weighted by Crippen LogP contribution is -2.32. The van der Waals surface area contributed by atoms with E-state index < -0.39 is 6.04 Å². The third-order valence-electron chi connectivity index (χ3n) is 5.93. The Morgan fingerprint density at radius 1 is 1.17 bits per heavy atom. The number of nitrogens with zero attached hydrogens (tertiary/aromatic N) is 4. The molecule has 0 radical (unpaired) electrons. The van der Waals surface area contributed by atoms with Gasteiger partial charge in [-0.2, -0.15) is 10.5 Å². The average molecular weight is 464 g/mol. The molecule has 172 valence electrons. The predicted octanol–water partition coefficient (Wildman–Crippen LogP) is 3.79. The van der Waals surface area contributed by atoms with Gasteiger partial charge < -0.3 is 25.9 Å². The number of rotatable bonds is 3. The first kappa shape index (κ1) is 21.6. The van der Waals surface area contributed by atoms with E-state index in [0.717, 1.165) is 22.3 Å². The van der Waals surface area contributed by atoms with Crippen molar-refractivity contribution in [3.05, 3.63) is 64.9 Å². The molecule has 0 fully saturated rings. The minimum absolute atomic E-state index is 0.0233. The Morgan fingerprint density at radius 2 is 1.94 bits per heavy atom. The van der Waals surface area contributed by atoms with Gasteiger partial charge in [0.25, 0.3) is 0 Å². The Balaban J connectivity index is 1.77. The lowest BCUT2D eigenvalue weighted by Gasteiger charge is -2.27. The second-order valence-electron chi connectivity index (χ2n) is 7.89.